The molecule has 9 heteroatoms. The molecule has 0 spiro atoms. The van der Waals surface area contributed by atoms with Crippen LogP contribution in [0.4, 0.5) is 0 Å². The molecule has 0 radical (unpaired) electrons. The van der Waals surface area contributed by atoms with E-state index in [9.17, 15) is 13.2 Å². The lowest BCUT2D eigenvalue weighted by atomic mass is 10.0. The SMILES string of the molecule is CCC1CCCCN1CCNC(=NC)NCCC(=O)NC1CCS(=O)(=O)C1. The van der Waals surface area contributed by atoms with E-state index in [0.29, 0.717) is 31.4 Å². The summed E-state index contributed by atoms with van der Waals surface area (Å²) in [5, 5.41) is 9.25. The first-order valence-corrected chi connectivity index (χ1v) is 11.9. The van der Waals surface area contributed by atoms with Gasteiger partial charge in [-0.2, -0.15) is 0 Å². The van der Waals surface area contributed by atoms with Crippen molar-refractivity contribution in [1.82, 2.24) is 20.9 Å². The standard InChI is InChI=1S/C18H35N5O3S/c1-3-16-6-4-5-11-23(16)12-10-21-18(19-2)20-9-7-17(24)22-15-8-13-27(25,26)14-15/h15-16H,3-14H2,1-2H3,(H,22,24)(H2,19,20,21). The number of amides is 1. The maximum Gasteiger partial charge on any atom is 0.222 e. The van der Waals surface area contributed by atoms with E-state index in [1.165, 1.54) is 32.2 Å². The van der Waals surface area contributed by atoms with Crippen LogP contribution in [0.5, 0.6) is 0 Å². The van der Waals surface area contributed by atoms with Crippen molar-refractivity contribution in [3.8, 4) is 0 Å². The summed E-state index contributed by atoms with van der Waals surface area (Å²) in [5.74, 6) is 0.795. The summed E-state index contributed by atoms with van der Waals surface area (Å²) in [5.41, 5.74) is 0. The van der Waals surface area contributed by atoms with Crippen molar-refractivity contribution < 1.29 is 13.2 Å². The number of aliphatic imine (C=N–C) groups is 1. The first-order valence-electron chi connectivity index (χ1n) is 10.1. The van der Waals surface area contributed by atoms with Crippen LogP contribution in [0.15, 0.2) is 4.99 Å². The zero-order chi connectivity index (χ0) is 19.7. The average molecular weight is 402 g/mol. The molecular weight excluding hydrogens is 366 g/mol. The summed E-state index contributed by atoms with van der Waals surface area (Å²) in [4.78, 5) is 18.7. The van der Waals surface area contributed by atoms with Gasteiger partial charge in [-0.05, 0) is 32.2 Å². The maximum atomic E-state index is 12.0. The highest BCUT2D eigenvalue weighted by Crippen LogP contribution is 2.18. The lowest BCUT2D eigenvalue weighted by molar-refractivity contribution is -0.121. The van der Waals surface area contributed by atoms with Gasteiger partial charge in [0.15, 0.2) is 15.8 Å². The number of carbonyl (C=O) groups excluding carboxylic acids is 1. The Morgan fingerprint density at radius 2 is 1.96 bits per heavy atom. The Morgan fingerprint density at radius 1 is 1.19 bits per heavy atom. The van der Waals surface area contributed by atoms with E-state index < -0.39 is 9.84 Å². The minimum absolute atomic E-state index is 0.0602. The van der Waals surface area contributed by atoms with E-state index >= 15 is 0 Å². The first-order chi connectivity index (χ1) is 12.9. The number of carbonyl (C=O) groups is 1. The van der Waals surface area contributed by atoms with Crippen LogP contribution in [0.25, 0.3) is 0 Å². The van der Waals surface area contributed by atoms with Crippen molar-refractivity contribution in [3.63, 3.8) is 0 Å². The fourth-order valence-corrected chi connectivity index (χ4v) is 5.53. The number of rotatable bonds is 8. The van der Waals surface area contributed by atoms with Crippen molar-refractivity contribution in [2.24, 2.45) is 4.99 Å². The van der Waals surface area contributed by atoms with E-state index in [-0.39, 0.29) is 23.5 Å². The Bertz CT molecular complexity index is 608. The number of nitrogens with zero attached hydrogens (tertiary/aromatic N) is 2. The number of hydrogen-bond acceptors (Lipinski definition) is 5. The summed E-state index contributed by atoms with van der Waals surface area (Å²) < 4.78 is 22.9. The van der Waals surface area contributed by atoms with Gasteiger partial charge in [0.1, 0.15) is 0 Å². The molecule has 3 N–H and O–H groups in total. The molecule has 0 aliphatic carbocycles. The molecule has 2 aliphatic rings. The van der Waals surface area contributed by atoms with Crippen LogP contribution in [0.3, 0.4) is 0 Å². The second kappa shape index (κ2) is 10.8. The minimum Gasteiger partial charge on any atom is -0.356 e. The van der Waals surface area contributed by atoms with Gasteiger partial charge in [0.05, 0.1) is 11.5 Å². The molecule has 2 unspecified atom stereocenters. The molecule has 8 nitrogen and oxygen atoms in total. The van der Waals surface area contributed by atoms with Gasteiger partial charge in [-0.1, -0.05) is 13.3 Å². The van der Waals surface area contributed by atoms with Crippen molar-refractivity contribution in [2.75, 3.05) is 44.7 Å². The van der Waals surface area contributed by atoms with Gasteiger partial charge < -0.3 is 16.0 Å². The Hall–Kier alpha value is -1.35. The van der Waals surface area contributed by atoms with Crippen LogP contribution in [0.1, 0.15) is 45.4 Å². The van der Waals surface area contributed by atoms with Crippen molar-refractivity contribution in [3.05, 3.63) is 0 Å². The minimum atomic E-state index is -2.97. The zero-order valence-electron chi connectivity index (χ0n) is 16.7. The normalized spacial score (nSPS) is 25.9. The summed E-state index contributed by atoms with van der Waals surface area (Å²) in [6.07, 6.45) is 5.91. The van der Waals surface area contributed by atoms with Gasteiger partial charge in [0, 0.05) is 45.2 Å². The molecule has 2 atom stereocenters. The van der Waals surface area contributed by atoms with Crippen molar-refractivity contribution in [2.45, 2.75) is 57.5 Å². The fraction of sp³-hybridized carbons (Fsp3) is 0.889. The lowest BCUT2D eigenvalue weighted by Gasteiger charge is -2.35. The molecule has 2 saturated heterocycles. The molecule has 1 amide bonds. The molecule has 0 aromatic rings. The Kier molecular flexibility index (Phi) is 8.82. The van der Waals surface area contributed by atoms with E-state index in [1.54, 1.807) is 7.05 Å². The van der Waals surface area contributed by atoms with E-state index in [0.717, 1.165) is 13.1 Å². The topological polar surface area (TPSA) is 103 Å². The van der Waals surface area contributed by atoms with Crippen LogP contribution >= 0.6 is 0 Å². The van der Waals surface area contributed by atoms with Gasteiger partial charge in [0.25, 0.3) is 0 Å². The van der Waals surface area contributed by atoms with E-state index in [1.807, 2.05) is 0 Å². The molecule has 0 aromatic carbocycles. The highest BCUT2D eigenvalue weighted by molar-refractivity contribution is 7.91. The molecule has 0 aromatic heterocycles. The highest BCUT2D eigenvalue weighted by Gasteiger charge is 2.28. The quantitative estimate of drug-likeness (QED) is 0.394. The molecule has 2 fully saturated rings. The summed E-state index contributed by atoms with van der Waals surface area (Å²) in [6.45, 7) is 5.71. The largest absolute Gasteiger partial charge is 0.356 e. The highest BCUT2D eigenvalue weighted by atomic mass is 32.2. The number of likely N-dealkylation sites (tertiary alicyclic amines) is 1. The number of hydrogen-bond donors (Lipinski definition) is 3. The summed E-state index contributed by atoms with van der Waals surface area (Å²) in [6, 6.07) is 0.453. The summed E-state index contributed by atoms with van der Waals surface area (Å²) in [7, 11) is -1.25. The number of piperidine rings is 1. The van der Waals surface area contributed by atoms with Crippen LogP contribution in [0, 0.1) is 0 Å². The number of sulfone groups is 1. The third kappa shape index (κ3) is 7.65. The Labute approximate surface area is 163 Å². The lowest BCUT2D eigenvalue weighted by Crippen LogP contribution is -2.46. The fourth-order valence-electron chi connectivity index (χ4n) is 3.86. The predicted octanol–water partition coefficient (Wildman–Crippen LogP) is 0.109. The number of nitrogens with one attached hydrogen (secondary N) is 3. The second-order valence-electron chi connectivity index (χ2n) is 7.44. The van der Waals surface area contributed by atoms with Gasteiger partial charge in [-0.15, -0.1) is 0 Å². The molecule has 0 saturated carbocycles. The zero-order valence-corrected chi connectivity index (χ0v) is 17.5. The Balaban J connectivity index is 1.60. The molecule has 2 aliphatic heterocycles. The van der Waals surface area contributed by atoms with Gasteiger partial charge in [0.2, 0.25) is 5.91 Å². The van der Waals surface area contributed by atoms with Gasteiger partial charge in [-0.25, -0.2) is 8.42 Å². The van der Waals surface area contributed by atoms with Crippen molar-refractivity contribution >= 4 is 21.7 Å². The third-order valence-electron chi connectivity index (χ3n) is 5.38. The van der Waals surface area contributed by atoms with Crippen LogP contribution < -0.4 is 16.0 Å². The Morgan fingerprint density at radius 3 is 2.63 bits per heavy atom. The molecule has 0 bridgehead atoms. The summed E-state index contributed by atoms with van der Waals surface area (Å²) >= 11 is 0. The predicted molar refractivity (Wildman–Crippen MR) is 109 cm³/mol. The molecule has 27 heavy (non-hydrogen) atoms. The maximum absolute atomic E-state index is 12.0. The average Bonchev–Trinajstić information content (AvgIpc) is 2.99. The van der Waals surface area contributed by atoms with Crippen LogP contribution in [-0.4, -0.2) is 82.0 Å². The van der Waals surface area contributed by atoms with E-state index in [4.69, 9.17) is 0 Å². The van der Waals surface area contributed by atoms with Crippen molar-refractivity contribution in [1.29, 1.82) is 0 Å². The first kappa shape index (κ1) is 21.9. The second-order valence-corrected chi connectivity index (χ2v) is 9.67. The molecule has 156 valence electrons. The third-order valence-corrected chi connectivity index (χ3v) is 7.15. The van der Waals surface area contributed by atoms with Gasteiger partial charge in [-0.3, -0.25) is 14.7 Å². The number of guanidine groups is 1. The molecule has 2 heterocycles. The molecule has 2 rings (SSSR count). The molecular formula is C18H35N5O3S. The van der Waals surface area contributed by atoms with Crippen LogP contribution in [0.2, 0.25) is 0 Å². The van der Waals surface area contributed by atoms with Gasteiger partial charge >= 0.3 is 0 Å². The monoisotopic (exact) mass is 401 g/mol. The van der Waals surface area contributed by atoms with E-state index in [2.05, 4.69) is 32.8 Å². The smallest absolute Gasteiger partial charge is 0.222 e. The van der Waals surface area contributed by atoms with Crippen LogP contribution in [-0.2, 0) is 14.6 Å².